The van der Waals surface area contributed by atoms with Crippen LogP contribution in [0.1, 0.15) is 32.6 Å². The molecule has 0 aliphatic carbocycles. The molecule has 0 unspecified atom stereocenters. The number of phenolic OH excluding ortho intramolecular Hbond substituents is 1. The lowest BCUT2D eigenvalue weighted by atomic mass is 9.92. The number of hydrogen-bond donors (Lipinski definition) is 1. The van der Waals surface area contributed by atoms with Crippen LogP contribution in [0.4, 0.5) is 0 Å². The molecule has 0 amide bonds. The summed E-state index contributed by atoms with van der Waals surface area (Å²) in [4.78, 5) is 12.9. The number of carbonyl (C=O) groups excluding carboxylic acids is 1. The largest absolute Gasteiger partial charge is 0.508 e. The van der Waals surface area contributed by atoms with Crippen LogP contribution in [0.25, 0.3) is 0 Å². The van der Waals surface area contributed by atoms with E-state index in [0.29, 0.717) is 22.6 Å². The summed E-state index contributed by atoms with van der Waals surface area (Å²) in [5.74, 6) is 1.22. The quantitative estimate of drug-likeness (QED) is 0.877. The lowest BCUT2D eigenvalue weighted by Crippen LogP contribution is -2.10. The molecular formula is C18H20O4. The molecule has 4 heteroatoms. The third-order valence-electron chi connectivity index (χ3n) is 3.95. The van der Waals surface area contributed by atoms with Crippen LogP contribution in [-0.2, 0) is 0 Å². The summed E-state index contributed by atoms with van der Waals surface area (Å²) in [7, 11) is 3.15. The highest BCUT2D eigenvalue weighted by atomic mass is 16.5. The lowest BCUT2D eigenvalue weighted by Gasteiger charge is -2.19. The first-order valence-corrected chi connectivity index (χ1v) is 6.97. The average molecular weight is 300 g/mol. The van der Waals surface area contributed by atoms with Crippen molar-refractivity contribution in [2.75, 3.05) is 14.2 Å². The van der Waals surface area contributed by atoms with E-state index in [1.165, 1.54) is 12.1 Å². The Morgan fingerprint density at radius 1 is 0.864 bits per heavy atom. The molecule has 0 atom stereocenters. The molecule has 0 heterocycles. The van der Waals surface area contributed by atoms with Crippen LogP contribution >= 0.6 is 0 Å². The number of phenols is 1. The van der Waals surface area contributed by atoms with E-state index in [1.807, 2.05) is 20.8 Å². The second-order valence-electron chi connectivity index (χ2n) is 5.19. The molecule has 116 valence electrons. The number of benzene rings is 2. The second kappa shape index (κ2) is 6.10. The Bertz CT molecular complexity index is 715. The first kappa shape index (κ1) is 15.9. The van der Waals surface area contributed by atoms with Gasteiger partial charge < -0.3 is 14.6 Å². The smallest absolute Gasteiger partial charge is 0.197 e. The monoisotopic (exact) mass is 300 g/mol. The van der Waals surface area contributed by atoms with Gasteiger partial charge in [0.15, 0.2) is 5.78 Å². The second-order valence-corrected chi connectivity index (χ2v) is 5.19. The molecule has 0 saturated heterocycles. The number of methoxy groups -OCH3 is 2. The number of ether oxygens (including phenoxy) is 2. The number of carbonyl (C=O) groups is 1. The van der Waals surface area contributed by atoms with Gasteiger partial charge in [-0.05, 0) is 56.2 Å². The predicted molar refractivity (Wildman–Crippen MR) is 85.3 cm³/mol. The summed E-state index contributed by atoms with van der Waals surface area (Å²) in [6, 6.07) is 6.18. The Morgan fingerprint density at radius 2 is 1.36 bits per heavy atom. The third kappa shape index (κ3) is 2.52. The number of ketones is 1. The van der Waals surface area contributed by atoms with Gasteiger partial charge in [0.05, 0.1) is 19.8 Å². The van der Waals surface area contributed by atoms with Crippen LogP contribution in [0.2, 0.25) is 0 Å². The highest BCUT2D eigenvalue weighted by molar-refractivity contribution is 6.12. The zero-order valence-electron chi connectivity index (χ0n) is 13.5. The van der Waals surface area contributed by atoms with E-state index in [1.54, 1.807) is 26.4 Å². The van der Waals surface area contributed by atoms with Crippen molar-refractivity contribution in [2.45, 2.75) is 20.8 Å². The Balaban J connectivity index is 2.70. The van der Waals surface area contributed by atoms with Crippen LogP contribution in [0, 0.1) is 20.8 Å². The Morgan fingerprint density at radius 3 is 1.86 bits per heavy atom. The van der Waals surface area contributed by atoms with E-state index >= 15 is 0 Å². The van der Waals surface area contributed by atoms with Gasteiger partial charge in [-0.25, -0.2) is 0 Å². The topological polar surface area (TPSA) is 55.8 Å². The lowest BCUT2D eigenvalue weighted by molar-refractivity contribution is 0.103. The molecule has 2 aromatic rings. The molecule has 22 heavy (non-hydrogen) atoms. The fourth-order valence-electron chi connectivity index (χ4n) is 2.69. The molecule has 0 aromatic heterocycles. The normalized spacial score (nSPS) is 10.4. The van der Waals surface area contributed by atoms with Crippen LogP contribution < -0.4 is 9.47 Å². The number of rotatable bonds is 4. The molecule has 0 fully saturated rings. The summed E-state index contributed by atoms with van der Waals surface area (Å²) >= 11 is 0. The van der Waals surface area contributed by atoms with Crippen molar-refractivity contribution in [2.24, 2.45) is 0 Å². The molecule has 0 aliphatic heterocycles. The fourth-order valence-corrected chi connectivity index (χ4v) is 2.69. The standard InChI is InChI=1S/C18H20O4/c1-10-11(2)18(22-5)15(12(3)17(10)21-4)16(20)13-6-8-14(19)9-7-13/h6-9,19H,1-5H3. The van der Waals surface area contributed by atoms with Crippen molar-refractivity contribution >= 4 is 5.78 Å². The third-order valence-corrected chi connectivity index (χ3v) is 3.95. The first-order valence-electron chi connectivity index (χ1n) is 6.97. The van der Waals surface area contributed by atoms with E-state index in [4.69, 9.17) is 9.47 Å². The number of hydrogen-bond acceptors (Lipinski definition) is 4. The van der Waals surface area contributed by atoms with Crippen LogP contribution in [0.3, 0.4) is 0 Å². The maximum atomic E-state index is 12.9. The molecule has 0 bridgehead atoms. The van der Waals surface area contributed by atoms with Crippen molar-refractivity contribution in [1.82, 2.24) is 0 Å². The van der Waals surface area contributed by atoms with Crippen molar-refractivity contribution in [3.05, 3.63) is 52.1 Å². The molecule has 0 aliphatic rings. The van der Waals surface area contributed by atoms with Crippen molar-refractivity contribution in [3.8, 4) is 17.2 Å². The van der Waals surface area contributed by atoms with Gasteiger partial charge in [0.1, 0.15) is 17.2 Å². The first-order chi connectivity index (χ1) is 10.4. The van der Waals surface area contributed by atoms with Gasteiger partial charge in [-0.3, -0.25) is 4.79 Å². The SMILES string of the molecule is COc1c(C)c(C)c(OC)c(C(=O)c2ccc(O)cc2)c1C. The summed E-state index contributed by atoms with van der Waals surface area (Å²) in [5.41, 5.74) is 3.57. The minimum absolute atomic E-state index is 0.123. The summed E-state index contributed by atoms with van der Waals surface area (Å²) in [6.45, 7) is 5.70. The molecule has 1 N–H and O–H groups in total. The highest BCUT2D eigenvalue weighted by Crippen LogP contribution is 2.38. The molecule has 0 spiro atoms. The highest BCUT2D eigenvalue weighted by Gasteiger charge is 2.24. The number of aromatic hydroxyl groups is 1. The predicted octanol–water partition coefficient (Wildman–Crippen LogP) is 3.57. The van der Waals surface area contributed by atoms with Crippen LogP contribution in [-0.4, -0.2) is 25.1 Å². The van der Waals surface area contributed by atoms with Gasteiger partial charge >= 0.3 is 0 Å². The van der Waals surface area contributed by atoms with Crippen LogP contribution in [0.15, 0.2) is 24.3 Å². The van der Waals surface area contributed by atoms with Crippen LogP contribution in [0.5, 0.6) is 17.2 Å². The maximum Gasteiger partial charge on any atom is 0.197 e. The summed E-state index contributed by atoms with van der Waals surface area (Å²) < 4.78 is 10.9. The summed E-state index contributed by atoms with van der Waals surface area (Å²) in [5, 5.41) is 9.37. The molecule has 0 radical (unpaired) electrons. The summed E-state index contributed by atoms with van der Waals surface area (Å²) in [6.07, 6.45) is 0. The fraction of sp³-hybridized carbons (Fsp3) is 0.278. The Kier molecular flexibility index (Phi) is 4.40. The van der Waals surface area contributed by atoms with Gasteiger partial charge in [0.2, 0.25) is 0 Å². The van der Waals surface area contributed by atoms with E-state index in [0.717, 1.165) is 16.7 Å². The van der Waals surface area contributed by atoms with E-state index < -0.39 is 0 Å². The van der Waals surface area contributed by atoms with Crippen molar-refractivity contribution < 1.29 is 19.4 Å². The minimum Gasteiger partial charge on any atom is -0.508 e. The Hall–Kier alpha value is -2.49. The minimum atomic E-state index is -0.157. The Labute approximate surface area is 130 Å². The zero-order chi connectivity index (χ0) is 16.4. The van der Waals surface area contributed by atoms with Crippen molar-refractivity contribution in [3.63, 3.8) is 0 Å². The molecule has 4 nitrogen and oxygen atoms in total. The van der Waals surface area contributed by atoms with Crippen molar-refractivity contribution in [1.29, 1.82) is 0 Å². The molecular weight excluding hydrogens is 280 g/mol. The average Bonchev–Trinajstić information content (AvgIpc) is 2.51. The van der Waals surface area contributed by atoms with Gasteiger partial charge in [0, 0.05) is 11.1 Å². The van der Waals surface area contributed by atoms with E-state index in [-0.39, 0.29) is 11.5 Å². The maximum absolute atomic E-state index is 12.9. The van der Waals surface area contributed by atoms with Gasteiger partial charge in [-0.1, -0.05) is 0 Å². The zero-order valence-corrected chi connectivity index (χ0v) is 13.5. The van der Waals surface area contributed by atoms with E-state index in [2.05, 4.69) is 0 Å². The van der Waals surface area contributed by atoms with E-state index in [9.17, 15) is 9.90 Å². The molecule has 0 saturated carbocycles. The van der Waals surface area contributed by atoms with Gasteiger partial charge in [0.25, 0.3) is 0 Å². The molecule has 2 aromatic carbocycles. The van der Waals surface area contributed by atoms with Gasteiger partial charge in [-0.15, -0.1) is 0 Å². The molecule has 2 rings (SSSR count). The van der Waals surface area contributed by atoms with Gasteiger partial charge in [-0.2, -0.15) is 0 Å².